The van der Waals surface area contributed by atoms with E-state index in [1.165, 1.54) is 9.80 Å². The van der Waals surface area contributed by atoms with Crippen LogP contribution in [0.5, 0.6) is 0 Å². The highest BCUT2D eigenvalue weighted by atomic mass is 16.4. The monoisotopic (exact) mass is 304 g/mol. The minimum absolute atomic E-state index is 0.258. The molecule has 1 saturated heterocycles. The summed E-state index contributed by atoms with van der Waals surface area (Å²) in [6, 6.07) is 7.68. The van der Waals surface area contributed by atoms with Crippen LogP contribution in [-0.4, -0.2) is 44.4 Å². The predicted molar refractivity (Wildman–Crippen MR) is 84.3 cm³/mol. The Morgan fingerprint density at radius 1 is 1.14 bits per heavy atom. The van der Waals surface area contributed by atoms with Crippen LogP contribution < -0.4 is 15.4 Å². The fourth-order valence-electron chi connectivity index (χ4n) is 3.29. The maximum atomic E-state index is 11.8. The minimum atomic E-state index is -0.267. The highest BCUT2D eigenvalue weighted by molar-refractivity contribution is 5.80. The van der Waals surface area contributed by atoms with Gasteiger partial charge in [-0.3, -0.25) is 0 Å². The molecule has 5 nitrogen and oxygen atoms in total. The van der Waals surface area contributed by atoms with Crippen molar-refractivity contribution in [2.75, 3.05) is 39.3 Å². The smallest absolute Gasteiger partial charge is 0.336 e. The second kappa shape index (κ2) is 6.60. The third-order valence-corrected chi connectivity index (χ3v) is 4.56. The molecule has 0 amide bonds. The first-order chi connectivity index (χ1) is 10.7. The summed E-state index contributed by atoms with van der Waals surface area (Å²) in [6.07, 6.45) is 0. The maximum Gasteiger partial charge on any atom is 0.336 e. The number of nitrogens with one attached hydrogen (secondary N) is 2. The third-order valence-electron chi connectivity index (χ3n) is 4.56. The SMILES string of the molecule is Cc1ccc2c(C[NH+]3CC[NH+](CCO)CC3)cc(=O)oc2c1. The van der Waals surface area contributed by atoms with Gasteiger partial charge in [0.05, 0.1) is 6.61 Å². The lowest BCUT2D eigenvalue weighted by atomic mass is 10.1. The average Bonchev–Trinajstić information content (AvgIpc) is 2.49. The number of piperazine rings is 1. The zero-order valence-electron chi connectivity index (χ0n) is 13.0. The van der Waals surface area contributed by atoms with Gasteiger partial charge in [-0.05, 0) is 18.6 Å². The van der Waals surface area contributed by atoms with Gasteiger partial charge in [0, 0.05) is 17.0 Å². The van der Waals surface area contributed by atoms with Gasteiger partial charge in [0.25, 0.3) is 0 Å². The Morgan fingerprint density at radius 3 is 2.59 bits per heavy atom. The second-order valence-corrected chi connectivity index (χ2v) is 6.24. The van der Waals surface area contributed by atoms with Crippen LogP contribution in [0.3, 0.4) is 0 Å². The van der Waals surface area contributed by atoms with E-state index >= 15 is 0 Å². The molecule has 5 heteroatoms. The number of aliphatic hydroxyl groups excluding tert-OH is 1. The van der Waals surface area contributed by atoms with Crippen molar-refractivity contribution in [2.45, 2.75) is 13.5 Å². The molecule has 0 radical (unpaired) electrons. The van der Waals surface area contributed by atoms with E-state index in [2.05, 4.69) is 12.1 Å². The maximum absolute atomic E-state index is 11.8. The van der Waals surface area contributed by atoms with Gasteiger partial charge in [0.2, 0.25) is 0 Å². The van der Waals surface area contributed by atoms with Crippen molar-refractivity contribution in [3.8, 4) is 0 Å². The highest BCUT2D eigenvalue weighted by Crippen LogP contribution is 2.17. The van der Waals surface area contributed by atoms with Crippen molar-refractivity contribution in [2.24, 2.45) is 0 Å². The van der Waals surface area contributed by atoms with E-state index in [1.807, 2.05) is 13.0 Å². The van der Waals surface area contributed by atoms with E-state index < -0.39 is 0 Å². The number of rotatable bonds is 4. The van der Waals surface area contributed by atoms with Gasteiger partial charge < -0.3 is 19.3 Å². The van der Waals surface area contributed by atoms with E-state index in [9.17, 15) is 4.79 Å². The fraction of sp³-hybridized carbons (Fsp3) is 0.471. The summed E-state index contributed by atoms with van der Waals surface area (Å²) >= 11 is 0. The number of hydrogen-bond acceptors (Lipinski definition) is 3. The van der Waals surface area contributed by atoms with Crippen LogP contribution in [0.25, 0.3) is 11.0 Å². The van der Waals surface area contributed by atoms with Crippen molar-refractivity contribution in [3.63, 3.8) is 0 Å². The quantitative estimate of drug-likeness (QED) is 0.595. The Balaban J connectivity index is 1.78. The molecule has 1 aliphatic rings. The van der Waals surface area contributed by atoms with Gasteiger partial charge >= 0.3 is 5.63 Å². The van der Waals surface area contributed by atoms with Crippen LogP contribution in [0.1, 0.15) is 11.1 Å². The summed E-state index contributed by atoms with van der Waals surface area (Å²) in [6.45, 7) is 8.26. The van der Waals surface area contributed by atoms with Crippen molar-refractivity contribution >= 4 is 11.0 Å². The molecule has 2 heterocycles. The Labute approximate surface area is 129 Å². The molecule has 1 aromatic carbocycles. The molecule has 3 rings (SSSR count). The molecule has 0 unspecified atom stereocenters. The molecule has 0 aliphatic carbocycles. The molecule has 1 aromatic heterocycles. The Morgan fingerprint density at radius 2 is 1.86 bits per heavy atom. The van der Waals surface area contributed by atoms with E-state index in [0.717, 1.165) is 55.8 Å². The number of aryl methyl sites for hydroxylation is 1. The molecule has 0 atom stereocenters. The molecule has 1 aliphatic heterocycles. The molecule has 118 valence electrons. The van der Waals surface area contributed by atoms with Crippen LogP contribution in [0.2, 0.25) is 0 Å². The average molecular weight is 304 g/mol. The summed E-state index contributed by atoms with van der Waals surface area (Å²) in [7, 11) is 0. The van der Waals surface area contributed by atoms with Crippen molar-refractivity contribution in [3.05, 3.63) is 45.8 Å². The molecule has 0 bridgehead atoms. The van der Waals surface area contributed by atoms with Gasteiger partial charge in [0.15, 0.2) is 0 Å². The third kappa shape index (κ3) is 3.38. The van der Waals surface area contributed by atoms with Crippen LogP contribution in [0, 0.1) is 6.92 Å². The standard InChI is InChI=1S/C17H22N2O3/c1-13-2-3-15-14(11-17(21)22-16(15)10-13)12-19-6-4-18(5-7-19)8-9-20/h2-3,10-11,20H,4-9,12H2,1H3/p+2. The highest BCUT2D eigenvalue weighted by Gasteiger charge is 2.23. The van der Waals surface area contributed by atoms with Gasteiger partial charge in [-0.25, -0.2) is 4.79 Å². The lowest BCUT2D eigenvalue weighted by Gasteiger charge is -2.29. The van der Waals surface area contributed by atoms with Crippen molar-refractivity contribution in [1.29, 1.82) is 0 Å². The van der Waals surface area contributed by atoms with Crippen LogP contribution in [0.4, 0.5) is 0 Å². The molecular weight excluding hydrogens is 280 g/mol. The summed E-state index contributed by atoms with van der Waals surface area (Å²) in [5.41, 5.74) is 2.59. The Hall–Kier alpha value is -1.69. The van der Waals surface area contributed by atoms with E-state index in [-0.39, 0.29) is 12.2 Å². The number of aliphatic hydroxyl groups is 1. The van der Waals surface area contributed by atoms with Crippen LogP contribution in [0.15, 0.2) is 33.5 Å². The van der Waals surface area contributed by atoms with E-state index in [4.69, 9.17) is 9.52 Å². The number of quaternary nitrogens is 2. The topological polar surface area (TPSA) is 59.3 Å². The fourth-order valence-corrected chi connectivity index (χ4v) is 3.29. The number of hydrogen-bond donors (Lipinski definition) is 3. The van der Waals surface area contributed by atoms with Crippen molar-refractivity contribution in [1.82, 2.24) is 0 Å². The van der Waals surface area contributed by atoms with Crippen LogP contribution in [-0.2, 0) is 6.54 Å². The zero-order chi connectivity index (χ0) is 15.5. The van der Waals surface area contributed by atoms with Gasteiger partial charge in [-0.1, -0.05) is 12.1 Å². The first-order valence-electron chi connectivity index (χ1n) is 7.97. The van der Waals surface area contributed by atoms with Gasteiger partial charge in [0.1, 0.15) is 44.9 Å². The largest absolute Gasteiger partial charge is 0.423 e. The lowest BCUT2D eigenvalue weighted by molar-refractivity contribution is -1.02. The zero-order valence-corrected chi connectivity index (χ0v) is 13.0. The molecule has 22 heavy (non-hydrogen) atoms. The molecular formula is C17H24N2O3+2. The summed E-state index contributed by atoms with van der Waals surface area (Å²) < 4.78 is 5.32. The second-order valence-electron chi connectivity index (χ2n) is 6.24. The summed E-state index contributed by atoms with van der Waals surface area (Å²) in [5.74, 6) is 0. The number of fused-ring (bicyclic) bond motifs is 1. The normalized spacial score (nSPS) is 22.1. The van der Waals surface area contributed by atoms with Gasteiger partial charge in [-0.2, -0.15) is 0 Å². The first-order valence-corrected chi connectivity index (χ1v) is 7.97. The molecule has 2 aromatic rings. The molecule has 0 saturated carbocycles. The molecule has 3 N–H and O–H groups in total. The summed E-state index contributed by atoms with van der Waals surface area (Å²) in [5, 5.41) is 10.1. The first kappa shape index (κ1) is 15.2. The Bertz CT molecular complexity index is 703. The van der Waals surface area contributed by atoms with E-state index in [1.54, 1.807) is 6.07 Å². The number of benzene rings is 1. The Kier molecular flexibility index (Phi) is 4.57. The molecule has 0 spiro atoms. The molecule has 1 fully saturated rings. The van der Waals surface area contributed by atoms with Crippen LogP contribution >= 0.6 is 0 Å². The predicted octanol–water partition coefficient (Wildman–Crippen LogP) is -1.62. The summed E-state index contributed by atoms with van der Waals surface area (Å²) in [4.78, 5) is 14.8. The van der Waals surface area contributed by atoms with Gasteiger partial charge in [-0.15, -0.1) is 0 Å². The minimum Gasteiger partial charge on any atom is -0.423 e. The van der Waals surface area contributed by atoms with Crippen molar-refractivity contribution < 1.29 is 19.3 Å². The van der Waals surface area contributed by atoms with E-state index in [0.29, 0.717) is 5.58 Å². The lowest BCUT2D eigenvalue weighted by Crippen LogP contribution is -3.27.